The Morgan fingerprint density at radius 1 is 1.42 bits per heavy atom. The summed E-state index contributed by atoms with van der Waals surface area (Å²) in [5.41, 5.74) is 0.231. The summed E-state index contributed by atoms with van der Waals surface area (Å²) in [6.07, 6.45) is 0.898. The largest absolute Gasteiger partial charge is 0.345 e. The molecule has 1 fully saturated rings. The van der Waals surface area contributed by atoms with Crippen LogP contribution in [0.2, 0.25) is 0 Å². The summed E-state index contributed by atoms with van der Waals surface area (Å²) >= 11 is 0. The molecule has 0 atom stereocenters. The topological polar surface area (TPSA) is 31.4 Å². The first-order valence-electron chi connectivity index (χ1n) is 3.71. The number of hydrogen-bond donors (Lipinski definition) is 0. The van der Waals surface area contributed by atoms with Crippen LogP contribution in [-0.2, 0) is 9.47 Å². The minimum Gasteiger partial charge on any atom is -0.345 e. The van der Waals surface area contributed by atoms with Gasteiger partial charge in [-0.15, -0.1) is 0 Å². The highest BCUT2D eigenvalue weighted by atomic mass is 19.1. The van der Waals surface area contributed by atoms with E-state index in [2.05, 4.69) is 4.98 Å². The molecule has 2 heterocycles. The predicted octanol–water partition coefficient (Wildman–Crippen LogP) is 1.27. The highest BCUT2D eigenvalue weighted by Crippen LogP contribution is 2.22. The van der Waals surface area contributed by atoms with Crippen LogP contribution < -0.4 is 0 Å². The Morgan fingerprint density at radius 2 is 2.17 bits per heavy atom. The van der Waals surface area contributed by atoms with E-state index < -0.39 is 6.29 Å². The predicted molar refractivity (Wildman–Crippen MR) is 38.8 cm³/mol. The lowest BCUT2D eigenvalue weighted by molar-refractivity contribution is -0.0498. The van der Waals surface area contributed by atoms with Gasteiger partial charge in [0.15, 0.2) is 0 Å². The molecule has 0 spiro atoms. The van der Waals surface area contributed by atoms with Crippen molar-refractivity contribution < 1.29 is 13.9 Å². The second-order valence-electron chi connectivity index (χ2n) is 2.44. The van der Waals surface area contributed by atoms with Crippen LogP contribution in [0.1, 0.15) is 12.0 Å². The van der Waals surface area contributed by atoms with Gasteiger partial charge in [-0.1, -0.05) is 0 Å². The van der Waals surface area contributed by atoms with Gasteiger partial charge >= 0.3 is 0 Å². The van der Waals surface area contributed by atoms with Crippen LogP contribution in [0.15, 0.2) is 18.3 Å². The van der Waals surface area contributed by atoms with Crippen molar-refractivity contribution in [3.8, 4) is 0 Å². The zero-order chi connectivity index (χ0) is 8.39. The van der Waals surface area contributed by atoms with E-state index in [4.69, 9.17) is 9.47 Å². The number of pyridine rings is 1. The molecule has 0 amide bonds. The summed E-state index contributed by atoms with van der Waals surface area (Å²) in [7, 11) is 0. The molecule has 0 radical (unpaired) electrons. The molecular formula is C8H8FNO2. The molecule has 1 aliphatic rings. The van der Waals surface area contributed by atoms with Crippen LogP contribution in [0, 0.1) is 5.82 Å². The van der Waals surface area contributed by atoms with Crippen molar-refractivity contribution in [2.75, 3.05) is 13.2 Å². The molecule has 0 aliphatic carbocycles. The van der Waals surface area contributed by atoms with Gasteiger partial charge in [0, 0.05) is 6.20 Å². The Balaban J connectivity index is 2.26. The fourth-order valence-corrected chi connectivity index (χ4v) is 1.09. The average molecular weight is 169 g/mol. The third kappa shape index (κ3) is 1.31. The van der Waals surface area contributed by atoms with Gasteiger partial charge in [-0.2, -0.15) is 0 Å². The van der Waals surface area contributed by atoms with Gasteiger partial charge in [0.05, 0.1) is 13.2 Å². The van der Waals surface area contributed by atoms with Crippen LogP contribution in [0.5, 0.6) is 0 Å². The summed E-state index contributed by atoms with van der Waals surface area (Å²) < 4.78 is 23.2. The van der Waals surface area contributed by atoms with Crippen molar-refractivity contribution in [3.05, 3.63) is 29.8 Å². The van der Waals surface area contributed by atoms with Gasteiger partial charge < -0.3 is 9.47 Å². The van der Waals surface area contributed by atoms with Gasteiger partial charge in [0.25, 0.3) is 0 Å². The van der Waals surface area contributed by atoms with Crippen LogP contribution in [0.25, 0.3) is 0 Å². The molecule has 0 aromatic carbocycles. The summed E-state index contributed by atoms with van der Waals surface area (Å²) in [6, 6.07) is 2.88. The lowest BCUT2D eigenvalue weighted by Gasteiger charge is -2.07. The van der Waals surface area contributed by atoms with Gasteiger partial charge in [-0.3, -0.25) is 4.98 Å². The number of rotatable bonds is 1. The van der Waals surface area contributed by atoms with Crippen molar-refractivity contribution in [1.29, 1.82) is 0 Å². The number of aromatic nitrogens is 1. The summed E-state index contributed by atoms with van der Waals surface area (Å²) in [5, 5.41) is 0. The molecule has 1 saturated heterocycles. The van der Waals surface area contributed by atoms with Gasteiger partial charge in [-0.25, -0.2) is 4.39 Å². The van der Waals surface area contributed by atoms with E-state index in [1.807, 2.05) is 0 Å². The molecule has 0 N–H and O–H groups in total. The molecular weight excluding hydrogens is 161 g/mol. The molecule has 0 bridgehead atoms. The Kier molecular flexibility index (Phi) is 2.01. The zero-order valence-corrected chi connectivity index (χ0v) is 6.37. The SMILES string of the molecule is Fc1cccnc1C1OCCO1. The maximum absolute atomic E-state index is 13.0. The second kappa shape index (κ2) is 3.16. The highest BCUT2D eigenvalue weighted by Gasteiger charge is 2.22. The summed E-state index contributed by atoms with van der Waals surface area (Å²) in [6.45, 7) is 1.00. The van der Waals surface area contributed by atoms with Crippen molar-refractivity contribution in [2.24, 2.45) is 0 Å². The quantitative estimate of drug-likeness (QED) is 0.634. The Hall–Kier alpha value is -1.00. The Morgan fingerprint density at radius 3 is 2.83 bits per heavy atom. The van der Waals surface area contributed by atoms with Gasteiger partial charge in [0.2, 0.25) is 6.29 Å². The normalized spacial score (nSPS) is 18.4. The van der Waals surface area contributed by atoms with Crippen LogP contribution in [0.4, 0.5) is 4.39 Å². The molecule has 0 saturated carbocycles. The molecule has 1 aromatic rings. The van der Waals surface area contributed by atoms with E-state index in [9.17, 15) is 4.39 Å². The van der Waals surface area contributed by atoms with E-state index in [0.717, 1.165) is 0 Å². The van der Waals surface area contributed by atoms with E-state index in [1.165, 1.54) is 18.3 Å². The van der Waals surface area contributed by atoms with E-state index in [1.54, 1.807) is 0 Å². The van der Waals surface area contributed by atoms with E-state index in [0.29, 0.717) is 13.2 Å². The zero-order valence-electron chi connectivity index (χ0n) is 6.37. The second-order valence-corrected chi connectivity index (χ2v) is 2.44. The molecule has 0 unspecified atom stereocenters. The summed E-state index contributed by atoms with van der Waals surface area (Å²) in [5.74, 6) is -0.385. The lowest BCUT2D eigenvalue weighted by atomic mass is 10.3. The van der Waals surface area contributed by atoms with E-state index >= 15 is 0 Å². The third-order valence-electron chi connectivity index (χ3n) is 1.63. The van der Waals surface area contributed by atoms with E-state index in [-0.39, 0.29) is 11.5 Å². The minimum atomic E-state index is -0.619. The molecule has 2 rings (SSSR count). The van der Waals surface area contributed by atoms with Crippen LogP contribution in [-0.4, -0.2) is 18.2 Å². The summed E-state index contributed by atoms with van der Waals surface area (Å²) in [4.78, 5) is 3.84. The first-order valence-corrected chi connectivity index (χ1v) is 3.71. The maximum Gasteiger partial charge on any atom is 0.204 e. The lowest BCUT2D eigenvalue weighted by Crippen LogP contribution is -2.03. The number of halogens is 1. The Labute approximate surface area is 69.1 Å². The van der Waals surface area contributed by atoms with Crippen molar-refractivity contribution >= 4 is 0 Å². The number of nitrogens with zero attached hydrogens (tertiary/aromatic N) is 1. The third-order valence-corrected chi connectivity index (χ3v) is 1.63. The maximum atomic E-state index is 13.0. The molecule has 12 heavy (non-hydrogen) atoms. The molecule has 1 aliphatic heterocycles. The molecule has 4 heteroatoms. The fourth-order valence-electron chi connectivity index (χ4n) is 1.09. The monoisotopic (exact) mass is 169 g/mol. The average Bonchev–Trinajstić information content (AvgIpc) is 2.57. The first kappa shape index (κ1) is 7.64. The van der Waals surface area contributed by atoms with Gasteiger partial charge in [-0.05, 0) is 12.1 Å². The molecule has 64 valence electrons. The number of ether oxygens (including phenoxy) is 2. The van der Waals surface area contributed by atoms with Crippen molar-refractivity contribution in [3.63, 3.8) is 0 Å². The smallest absolute Gasteiger partial charge is 0.204 e. The first-order chi connectivity index (χ1) is 5.88. The molecule has 3 nitrogen and oxygen atoms in total. The van der Waals surface area contributed by atoms with Crippen molar-refractivity contribution in [2.45, 2.75) is 6.29 Å². The van der Waals surface area contributed by atoms with Crippen molar-refractivity contribution in [1.82, 2.24) is 4.98 Å². The standard InChI is InChI=1S/C8H8FNO2/c9-6-2-1-3-10-7(6)8-11-4-5-12-8/h1-3,8H,4-5H2. The fraction of sp³-hybridized carbons (Fsp3) is 0.375. The number of hydrogen-bond acceptors (Lipinski definition) is 3. The Bertz CT molecular complexity index is 274. The highest BCUT2D eigenvalue weighted by molar-refractivity contribution is 5.08. The molecule has 1 aromatic heterocycles. The van der Waals surface area contributed by atoms with Gasteiger partial charge in [0.1, 0.15) is 11.5 Å². The van der Waals surface area contributed by atoms with Crippen LogP contribution >= 0.6 is 0 Å². The minimum absolute atomic E-state index is 0.231. The van der Waals surface area contributed by atoms with Crippen LogP contribution in [0.3, 0.4) is 0 Å².